The quantitative estimate of drug-likeness (QED) is 0.499. The van der Waals surface area contributed by atoms with Crippen molar-refractivity contribution in [2.45, 2.75) is 31.5 Å². The molecular weight excluding hydrogens is 188 g/mol. The number of aliphatic hydroxyl groups excluding tert-OH is 1. The Hall–Kier alpha value is -1.14. The zero-order valence-corrected chi connectivity index (χ0v) is 7.88. The molecule has 1 aliphatic rings. The predicted molar refractivity (Wildman–Crippen MR) is 47.4 cm³/mol. The molecule has 0 saturated carbocycles. The molecule has 3 atom stereocenters. The summed E-state index contributed by atoms with van der Waals surface area (Å²) in [6.07, 6.45) is -0.688. The minimum atomic E-state index is -1.10. The van der Waals surface area contributed by atoms with Crippen LogP contribution in [0.3, 0.4) is 0 Å². The van der Waals surface area contributed by atoms with Crippen LogP contribution in [0.15, 0.2) is 0 Å². The van der Waals surface area contributed by atoms with Gasteiger partial charge in [0.15, 0.2) is 0 Å². The summed E-state index contributed by atoms with van der Waals surface area (Å²) >= 11 is 0. The van der Waals surface area contributed by atoms with E-state index in [4.69, 9.17) is 10.8 Å². The highest BCUT2D eigenvalue weighted by Crippen LogP contribution is 2.18. The van der Waals surface area contributed by atoms with Gasteiger partial charge in [-0.25, -0.2) is 4.79 Å². The Kier molecular flexibility index (Phi) is 3.07. The summed E-state index contributed by atoms with van der Waals surface area (Å²) in [6.45, 7) is 1.54. The zero-order chi connectivity index (χ0) is 10.9. The topological polar surface area (TPSA) is 104 Å². The van der Waals surface area contributed by atoms with E-state index in [1.165, 1.54) is 6.92 Å². The van der Waals surface area contributed by atoms with E-state index in [9.17, 15) is 14.7 Å². The molecular formula is C8H14N2O4. The van der Waals surface area contributed by atoms with Crippen molar-refractivity contribution in [3.8, 4) is 0 Å². The molecule has 1 fully saturated rings. The maximum absolute atomic E-state index is 11.4. The second kappa shape index (κ2) is 3.93. The molecule has 1 amide bonds. The number of β-amino-alcohol motifs (C(OH)–C–C–N with tert-alkyl or cyclic N) is 1. The van der Waals surface area contributed by atoms with Crippen LogP contribution in [-0.4, -0.2) is 51.7 Å². The van der Waals surface area contributed by atoms with Crippen molar-refractivity contribution in [3.05, 3.63) is 0 Å². The third-order valence-electron chi connectivity index (χ3n) is 2.24. The highest BCUT2D eigenvalue weighted by molar-refractivity contribution is 5.87. The van der Waals surface area contributed by atoms with Crippen molar-refractivity contribution in [1.29, 1.82) is 0 Å². The first-order chi connectivity index (χ1) is 6.43. The SMILES string of the molecule is C[C@@H](N)C(=O)N1CC(O)C[C@H]1C(=O)O. The fourth-order valence-corrected chi connectivity index (χ4v) is 1.55. The standard InChI is InChI=1S/C8H14N2O4/c1-4(9)7(12)10-3-5(11)2-6(10)8(13)14/h4-6,11H,2-3,9H2,1H3,(H,13,14)/t4-,5?,6+/m1/s1. The van der Waals surface area contributed by atoms with Gasteiger partial charge in [-0.3, -0.25) is 4.79 Å². The average Bonchev–Trinajstić information content (AvgIpc) is 2.45. The van der Waals surface area contributed by atoms with Gasteiger partial charge in [0.2, 0.25) is 5.91 Å². The number of aliphatic hydroxyl groups is 1. The van der Waals surface area contributed by atoms with Gasteiger partial charge in [-0.05, 0) is 6.92 Å². The molecule has 1 aliphatic heterocycles. The number of aliphatic carboxylic acids is 1. The first-order valence-corrected chi connectivity index (χ1v) is 4.40. The number of carbonyl (C=O) groups is 2. The van der Waals surface area contributed by atoms with Crippen LogP contribution in [-0.2, 0) is 9.59 Å². The minimum absolute atomic E-state index is 0.0529. The summed E-state index contributed by atoms with van der Waals surface area (Å²) in [6, 6.07) is -1.68. The molecule has 4 N–H and O–H groups in total. The second-order valence-electron chi connectivity index (χ2n) is 3.52. The largest absolute Gasteiger partial charge is 0.480 e. The molecule has 1 heterocycles. The van der Waals surface area contributed by atoms with E-state index in [1.54, 1.807) is 0 Å². The second-order valence-corrected chi connectivity index (χ2v) is 3.52. The van der Waals surface area contributed by atoms with Gasteiger partial charge in [0.05, 0.1) is 12.1 Å². The Bertz CT molecular complexity index is 254. The van der Waals surface area contributed by atoms with E-state index in [0.717, 1.165) is 4.90 Å². The number of carboxylic acid groups (broad SMARTS) is 1. The van der Waals surface area contributed by atoms with Crippen molar-refractivity contribution in [1.82, 2.24) is 4.90 Å². The minimum Gasteiger partial charge on any atom is -0.480 e. The van der Waals surface area contributed by atoms with Gasteiger partial charge < -0.3 is 20.8 Å². The number of nitrogens with two attached hydrogens (primary N) is 1. The van der Waals surface area contributed by atoms with E-state index < -0.39 is 30.1 Å². The normalized spacial score (nSPS) is 28.9. The molecule has 0 aliphatic carbocycles. The van der Waals surface area contributed by atoms with Gasteiger partial charge in [0.25, 0.3) is 0 Å². The Morgan fingerprint density at radius 1 is 1.57 bits per heavy atom. The Morgan fingerprint density at radius 3 is 2.57 bits per heavy atom. The van der Waals surface area contributed by atoms with Crippen molar-refractivity contribution in [2.75, 3.05) is 6.54 Å². The van der Waals surface area contributed by atoms with Crippen LogP contribution in [0.2, 0.25) is 0 Å². The lowest BCUT2D eigenvalue weighted by molar-refractivity contribution is -0.148. The van der Waals surface area contributed by atoms with Gasteiger partial charge in [-0.15, -0.1) is 0 Å². The van der Waals surface area contributed by atoms with E-state index in [2.05, 4.69) is 0 Å². The first kappa shape index (κ1) is 10.9. The molecule has 14 heavy (non-hydrogen) atoms. The maximum atomic E-state index is 11.4. The van der Waals surface area contributed by atoms with Gasteiger partial charge in [-0.1, -0.05) is 0 Å². The number of likely N-dealkylation sites (tertiary alicyclic amines) is 1. The molecule has 0 radical (unpaired) electrons. The zero-order valence-electron chi connectivity index (χ0n) is 7.88. The number of hydrogen-bond acceptors (Lipinski definition) is 4. The summed E-state index contributed by atoms with van der Waals surface area (Å²) in [4.78, 5) is 23.3. The number of carboxylic acids is 1. The van der Waals surface area contributed by atoms with E-state index in [-0.39, 0.29) is 13.0 Å². The molecule has 0 aromatic heterocycles. The van der Waals surface area contributed by atoms with Gasteiger partial charge in [0.1, 0.15) is 6.04 Å². The van der Waals surface area contributed by atoms with Crippen LogP contribution in [0.1, 0.15) is 13.3 Å². The number of carbonyl (C=O) groups excluding carboxylic acids is 1. The molecule has 6 nitrogen and oxygen atoms in total. The number of hydrogen-bond donors (Lipinski definition) is 3. The van der Waals surface area contributed by atoms with Crippen LogP contribution < -0.4 is 5.73 Å². The summed E-state index contributed by atoms with van der Waals surface area (Å²) < 4.78 is 0. The third-order valence-corrected chi connectivity index (χ3v) is 2.24. The first-order valence-electron chi connectivity index (χ1n) is 4.40. The van der Waals surface area contributed by atoms with Crippen LogP contribution in [0.25, 0.3) is 0 Å². The highest BCUT2D eigenvalue weighted by atomic mass is 16.4. The lowest BCUT2D eigenvalue weighted by atomic mass is 10.2. The van der Waals surface area contributed by atoms with Crippen molar-refractivity contribution < 1.29 is 19.8 Å². The average molecular weight is 202 g/mol. The van der Waals surface area contributed by atoms with Crippen molar-refractivity contribution >= 4 is 11.9 Å². The van der Waals surface area contributed by atoms with Gasteiger partial charge in [0, 0.05) is 13.0 Å². The Morgan fingerprint density at radius 2 is 2.14 bits per heavy atom. The number of rotatable bonds is 2. The number of amides is 1. The Balaban J connectivity index is 2.76. The molecule has 1 unspecified atom stereocenters. The molecule has 80 valence electrons. The summed E-state index contributed by atoms with van der Waals surface area (Å²) in [7, 11) is 0. The van der Waals surface area contributed by atoms with Crippen LogP contribution in [0, 0.1) is 0 Å². The fraction of sp³-hybridized carbons (Fsp3) is 0.750. The summed E-state index contributed by atoms with van der Waals surface area (Å²) in [5, 5.41) is 18.0. The molecule has 1 rings (SSSR count). The van der Waals surface area contributed by atoms with E-state index >= 15 is 0 Å². The Labute approximate surface area is 81.3 Å². The summed E-state index contributed by atoms with van der Waals surface area (Å²) in [5.41, 5.74) is 5.36. The van der Waals surface area contributed by atoms with Crippen LogP contribution in [0.4, 0.5) is 0 Å². The monoisotopic (exact) mass is 202 g/mol. The molecule has 0 bridgehead atoms. The van der Waals surface area contributed by atoms with Gasteiger partial charge >= 0.3 is 5.97 Å². The smallest absolute Gasteiger partial charge is 0.326 e. The van der Waals surface area contributed by atoms with Crippen LogP contribution in [0.5, 0.6) is 0 Å². The molecule has 6 heteroatoms. The van der Waals surface area contributed by atoms with Crippen molar-refractivity contribution in [2.24, 2.45) is 5.73 Å². The molecule has 1 saturated heterocycles. The van der Waals surface area contributed by atoms with Crippen LogP contribution >= 0.6 is 0 Å². The van der Waals surface area contributed by atoms with E-state index in [0.29, 0.717) is 0 Å². The van der Waals surface area contributed by atoms with Crippen molar-refractivity contribution in [3.63, 3.8) is 0 Å². The van der Waals surface area contributed by atoms with Gasteiger partial charge in [-0.2, -0.15) is 0 Å². The third kappa shape index (κ3) is 2.02. The summed E-state index contributed by atoms with van der Waals surface area (Å²) in [5.74, 6) is -1.54. The maximum Gasteiger partial charge on any atom is 0.326 e. The molecule has 0 spiro atoms. The molecule has 0 aromatic carbocycles. The lowest BCUT2D eigenvalue weighted by Gasteiger charge is -2.22. The number of nitrogens with zero attached hydrogens (tertiary/aromatic N) is 1. The lowest BCUT2D eigenvalue weighted by Crippen LogP contribution is -2.47. The molecule has 0 aromatic rings. The van der Waals surface area contributed by atoms with E-state index in [1.807, 2.05) is 0 Å². The fourth-order valence-electron chi connectivity index (χ4n) is 1.55. The highest BCUT2D eigenvalue weighted by Gasteiger charge is 2.39. The predicted octanol–water partition coefficient (Wildman–Crippen LogP) is -1.62.